The van der Waals surface area contributed by atoms with Crippen molar-refractivity contribution in [2.24, 2.45) is 5.84 Å². The summed E-state index contributed by atoms with van der Waals surface area (Å²) in [6.45, 7) is 0. The molecule has 0 aromatic carbocycles. The number of nitrogens with zero attached hydrogens (tertiary/aromatic N) is 1. The predicted octanol–water partition coefficient (Wildman–Crippen LogP) is -1.10. The lowest BCUT2D eigenvalue weighted by Gasteiger charge is -2.21. The highest BCUT2D eigenvalue weighted by Crippen LogP contribution is 2.07. The first-order valence-electron chi connectivity index (χ1n) is 5.68. The molecule has 1 aromatic rings. The fourth-order valence-electron chi connectivity index (χ4n) is 1.71. The van der Waals surface area contributed by atoms with E-state index in [0.29, 0.717) is 5.82 Å². The number of hydrazine groups is 1. The normalized spacial score (nSPS) is 18.7. The molecule has 1 aliphatic heterocycles. The number of imide groups is 1. The first-order valence-corrected chi connectivity index (χ1v) is 5.68. The zero-order valence-corrected chi connectivity index (χ0v) is 9.97. The van der Waals surface area contributed by atoms with Crippen LogP contribution >= 0.6 is 0 Å². The maximum absolute atomic E-state index is 11.9. The number of piperidine rings is 1. The van der Waals surface area contributed by atoms with Gasteiger partial charge in [-0.2, -0.15) is 0 Å². The summed E-state index contributed by atoms with van der Waals surface area (Å²) in [5.74, 6) is 4.21. The molecule has 0 radical (unpaired) electrons. The molecule has 8 nitrogen and oxygen atoms in total. The minimum absolute atomic E-state index is 0.139. The van der Waals surface area contributed by atoms with Gasteiger partial charge in [-0.05, 0) is 18.6 Å². The molecule has 0 aliphatic carbocycles. The second-order valence-corrected chi connectivity index (χ2v) is 4.03. The van der Waals surface area contributed by atoms with Crippen molar-refractivity contribution < 1.29 is 14.4 Å². The molecule has 1 unspecified atom stereocenters. The van der Waals surface area contributed by atoms with E-state index in [1.54, 1.807) is 12.1 Å². The fraction of sp³-hybridized carbons (Fsp3) is 0.273. The molecule has 0 saturated carbocycles. The average Bonchev–Trinajstić information content (AvgIpc) is 2.42. The van der Waals surface area contributed by atoms with Crippen LogP contribution in [-0.4, -0.2) is 28.7 Å². The average molecular weight is 263 g/mol. The minimum atomic E-state index is -0.721. The molecule has 2 heterocycles. The Balaban J connectivity index is 2.04. The van der Waals surface area contributed by atoms with Gasteiger partial charge in [-0.1, -0.05) is 6.07 Å². The highest BCUT2D eigenvalue weighted by Gasteiger charge is 2.28. The van der Waals surface area contributed by atoms with Crippen molar-refractivity contribution in [2.45, 2.75) is 18.9 Å². The van der Waals surface area contributed by atoms with Crippen LogP contribution in [-0.2, 0) is 9.59 Å². The summed E-state index contributed by atoms with van der Waals surface area (Å²) in [6, 6.07) is 3.99. The van der Waals surface area contributed by atoms with E-state index in [9.17, 15) is 14.4 Å². The number of hydrogen-bond donors (Lipinski definition) is 4. The van der Waals surface area contributed by atoms with Gasteiger partial charge in [0, 0.05) is 6.42 Å². The smallest absolute Gasteiger partial charge is 0.270 e. The van der Waals surface area contributed by atoms with Crippen molar-refractivity contribution in [1.29, 1.82) is 0 Å². The molecule has 100 valence electrons. The van der Waals surface area contributed by atoms with Crippen LogP contribution in [0.25, 0.3) is 0 Å². The van der Waals surface area contributed by atoms with Gasteiger partial charge >= 0.3 is 0 Å². The summed E-state index contributed by atoms with van der Waals surface area (Å²) < 4.78 is 0. The Bertz CT molecular complexity index is 531. The molecule has 1 atom stereocenters. The van der Waals surface area contributed by atoms with E-state index in [0.717, 1.165) is 0 Å². The van der Waals surface area contributed by atoms with Crippen LogP contribution in [0.2, 0.25) is 0 Å². The van der Waals surface area contributed by atoms with E-state index < -0.39 is 17.9 Å². The van der Waals surface area contributed by atoms with Gasteiger partial charge in [0.05, 0.1) is 0 Å². The molecule has 2 rings (SSSR count). The first kappa shape index (κ1) is 13.0. The molecular formula is C11H13N5O3. The lowest BCUT2D eigenvalue weighted by Crippen LogP contribution is -2.52. The number of nitrogens with two attached hydrogens (primary N) is 1. The summed E-state index contributed by atoms with van der Waals surface area (Å²) in [6.07, 6.45) is 0.486. The molecule has 1 saturated heterocycles. The van der Waals surface area contributed by atoms with Gasteiger partial charge in [-0.15, -0.1) is 0 Å². The summed E-state index contributed by atoms with van der Waals surface area (Å²) >= 11 is 0. The Morgan fingerprint density at radius 1 is 1.42 bits per heavy atom. The Kier molecular flexibility index (Phi) is 3.71. The van der Waals surface area contributed by atoms with E-state index >= 15 is 0 Å². The van der Waals surface area contributed by atoms with Crippen LogP contribution in [0.15, 0.2) is 18.2 Å². The zero-order valence-electron chi connectivity index (χ0n) is 9.97. The lowest BCUT2D eigenvalue weighted by atomic mass is 10.1. The van der Waals surface area contributed by atoms with Gasteiger partial charge in [0.1, 0.15) is 17.6 Å². The van der Waals surface area contributed by atoms with Crippen molar-refractivity contribution in [1.82, 2.24) is 15.6 Å². The Labute approximate surface area is 108 Å². The second-order valence-electron chi connectivity index (χ2n) is 4.03. The van der Waals surface area contributed by atoms with Crippen molar-refractivity contribution >= 4 is 23.5 Å². The van der Waals surface area contributed by atoms with Gasteiger partial charge in [-0.25, -0.2) is 10.8 Å². The molecule has 1 aromatic heterocycles. The third-order valence-corrected chi connectivity index (χ3v) is 2.67. The molecule has 1 aliphatic rings. The third-order valence-electron chi connectivity index (χ3n) is 2.67. The van der Waals surface area contributed by atoms with E-state index in [1.165, 1.54) is 6.07 Å². The van der Waals surface area contributed by atoms with Gasteiger partial charge in [0.2, 0.25) is 11.8 Å². The van der Waals surface area contributed by atoms with E-state index in [2.05, 4.69) is 21.0 Å². The third kappa shape index (κ3) is 3.05. The molecule has 3 amide bonds. The number of anilines is 1. The molecule has 0 spiro atoms. The monoisotopic (exact) mass is 263 g/mol. The van der Waals surface area contributed by atoms with Gasteiger partial charge in [0.25, 0.3) is 5.91 Å². The SMILES string of the molecule is NNc1cccc(C(=O)NC2CCC(=O)NC2=O)n1. The quantitative estimate of drug-likeness (QED) is 0.311. The Morgan fingerprint density at radius 3 is 2.89 bits per heavy atom. The van der Waals surface area contributed by atoms with Gasteiger partial charge in [0.15, 0.2) is 0 Å². The largest absolute Gasteiger partial charge is 0.339 e. The lowest BCUT2D eigenvalue weighted by molar-refractivity contribution is -0.134. The highest BCUT2D eigenvalue weighted by molar-refractivity contribution is 6.03. The molecular weight excluding hydrogens is 250 g/mol. The van der Waals surface area contributed by atoms with E-state index in [4.69, 9.17) is 5.84 Å². The second kappa shape index (κ2) is 5.44. The highest BCUT2D eigenvalue weighted by atomic mass is 16.2. The van der Waals surface area contributed by atoms with E-state index in [-0.39, 0.29) is 24.4 Å². The van der Waals surface area contributed by atoms with E-state index in [1.807, 2.05) is 0 Å². The topological polar surface area (TPSA) is 126 Å². The Hall–Kier alpha value is -2.48. The number of carbonyl (C=O) groups is 3. The van der Waals surface area contributed by atoms with Crippen LogP contribution < -0.4 is 21.9 Å². The van der Waals surface area contributed by atoms with Crippen molar-refractivity contribution in [3.63, 3.8) is 0 Å². The summed E-state index contributed by atoms with van der Waals surface area (Å²) in [4.78, 5) is 38.3. The number of aromatic nitrogens is 1. The molecule has 0 bridgehead atoms. The standard InChI is InChI=1S/C11H13N5O3/c12-16-8-3-1-2-6(13-8)10(18)14-7-4-5-9(17)15-11(7)19/h1-3,7H,4-5,12H2,(H,13,16)(H,14,18)(H,15,17,19). The molecule has 5 N–H and O–H groups in total. The summed E-state index contributed by atoms with van der Waals surface area (Å²) in [5, 5.41) is 4.69. The number of nitrogens with one attached hydrogen (secondary N) is 3. The predicted molar refractivity (Wildman–Crippen MR) is 65.7 cm³/mol. The molecule has 8 heteroatoms. The number of rotatable bonds is 3. The van der Waals surface area contributed by atoms with Crippen LogP contribution in [0.3, 0.4) is 0 Å². The summed E-state index contributed by atoms with van der Waals surface area (Å²) in [7, 11) is 0. The van der Waals surface area contributed by atoms with Gasteiger partial charge < -0.3 is 10.7 Å². The maximum Gasteiger partial charge on any atom is 0.270 e. The minimum Gasteiger partial charge on any atom is -0.339 e. The fourth-order valence-corrected chi connectivity index (χ4v) is 1.71. The van der Waals surface area contributed by atoms with Crippen LogP contribution in [0.1, 0.15) is 23.3 Å². The maximum atomic E-state index is 11.9. The van der Waals surface area contributed by atoms with Crippen LogP contribution in [0, 0.1) is 0 Å². The zero-order chi connectivity index (χ0) is 13.8. The number of amides is 3. The number of pyridine rings is 1. The number of hydrogen-bond acceptors (Lipinski definition) is 6. The first-order chi connectivity index (χ1) is 9.10. The van der Waals surface area contributed by atoms with Crippen molar-refractivity contribution in [2.75, 3.05) is 5.43 Å². The molecule has 1 fully saturated rings. The molecule has 19 heavy (non-hydrogen) atoms. The van der Waals surface area contributed by atoms with Gasteiger partial charge in [-0.3, -0.25) is 19.7 Å². The number of nitrogen functional groups attached to an aromatic ring is 1. The van der Waals surface area contributed by atoms with Crippen LogP contribution in [0.5, 0.6) is 0 Å². The summed E-state index contributed by atoms with van der Waals surface area (Å²) in [5.41, 5.74) is 2.46. The van der Waals surface area contributed by atoms with Crippen molar-refractivity contribution in [3.05, 3.63) is 23.9 Å². The Morgan fingerprint density at radius 2 is 2.21 bits per heavy atom. The van der Waals surface area contributed by atoms with Crippen molar-refractivity contribution in [3.8, 4) is 0 Å². The van der Waals surface area contributed by atoms with Crippen LogP contribution in [0.4, 0.5) is 5.82 Å². The number of carbonyl (C=O) groups excluding carboxylic acids is 3.